The molecule has 0 fully saturated rings. The van der Waals surface area contributed by atoms with E-state index in [9.17, 15) is 14.4 Å². The van der Waals surface area contributed by atoms with Gasteiger partial charge in [-0.05, 0) is 30.0 Å². The average Bonchev–Trinajstić information content (AvgIpc) is 3.10. The highest BCUT2D eigenvalue weighted by atomic mass is 16.5. The fourth-order valence-electron chi connectivity index (χ4n) is 3.71. The molecular weight excluding hydrogens is 392 g/mol. The van der Waals surface area contributed by atoms with Gasteiger partial charge in [0.15, 0.2) is 5.78 Å². The number of benzene rings is 2. The molecule has 2 N–H and O–H groups in total. The molecule has 0 saturated heterocycles. The molecule has 0 bridgehead atoms. The van der Waals surface area contributed by atoms with Crippen LogP contribution in [0.5, 0.6) is 0 Å². The van der Waals surface area contributed by atoms with Crippen molar-refractivity contribution in [1.82, 2.24) is 10.3 Å². The van der Waals surface area contributed by atoms with Gasteiger partial charge in [0.1, 0.15) is 0 Å². The Morgan fingerprint density at radius 3 is 2.19 bits per heavy atom. The summed E-state index contributed by atoms with van der Waals surface area (Å²) < 4.78 is 4.86. The van der Waals surface area contributed by atoms with E-state index in [4.69, 9.17) is 4.74 Å². The fraction of sp³-hybridized carbons (Fsp3) is 0.240. The van der Waals surface area contributed by atoms with Crippen molar-refractivity contribution in [2.75, 3.05) is 7.11 Å². The molecule has 1 heterocycles. The van der Waals surface area contributed by atoms with Crippen molar-refractivity contribution in [3.8, 4) is 0 Å². The highest BCUT2D eigenvalue weighted by Crippen LogP contribution is 2.22. The molecule has 6 nitrogen and oxygen atoms in total. The minimum absolute atomic E-state index is 0.0727. The quantitative estimate of drug-likeness (QED) is 0.428. The third kappa shape index (κ3) is 5.28. The smallest absolute Gasteiger partial charge is 0.339 e. The van der Waals surface area contributed by atoms with Gasteiger partial charge in [-0.25, -0.2) is 4.79 Å². The first-order chi connectivity index (χ1) is 14.9. The molecule has 0 aliphatic rings. The van der Waals surface area contributed by atoms with Gasteiger partial charge < -0.3 is 15.0 Å². The summed E-state index contributed by atoms with van der Waals surface area (Å²) in [5, 5.41) is 3.08. The second-order valence-electron chi connectivity index (χ2n) is 7.42. The van der Waals surface area contributed by atoms with Crippen molar-refractivity contribution in [1.29, 1.82) is 0 Å². The number of aromatic nitrogens is 1. The Kier molecular flexibility index (Phi) is 7.03. The van der Waals surface area contributed by atoms with E-state index in [2.05, 4.69) is 10.3 Å². The molecule has 160 valence electrons. The zero-order chi connectivity index (χ0) is 22.4. The molecule has 31 heavy (non-hydrogen) atoms. The maximum absolute atomic E-state index is 13.0. The number of carbonyl (C=O) groups is 3. The molecule has 3 rings (SSSR count). The van der Waals surface area contributed by atoms with Gasteiger partial charge in [0, 0.05) is 12.6 Å². The summed E-state index contributed by atoms with van der Waals surface area (Å²) in [7, 11) is 1.28. The molecule has 1 atom stereocenters. The van der Waals surface area contributed by atoms with Gasteiger partial charge >= 0.3 is 5.97 Å². The van der Waals surface area contributed by atoms with Crippen molar-refractivity contribution in [2.24, 2.45) is 0 Å². The first kappa shape index (κ1) is 22.0. The van der Waals surface area contributed by atoms with E-state index in [1.165, 1.54) is 14.0 Å². The van der Waals surface area contributed by atoms with Gasteiger partial charge in [-0.3, -0.25) is 9.59 Å². The fourth-order valence-corrected chi connectivity index (χ4v) is 3.71. The molecule has 0 aliphatic heterocycles. The number of ether oxygens (including phenoxy) is 1. The van der Waals surface area contributed by atoms with Crippen molar-refractivity contribution in [3.05, 3.63) is 94.3 Å². The molecule has 0 spiro atoms. The van der Waals surface area contributed by atoms with E-state index >= 15 is 0 Å². The van der Waals surface area contributed by atoms with E-state index in [1.807, 2.05) is 60.7 Å². The second-order valence-corrected chi connectivity index (χ2v) is 7.42. The van der Waals surface area contributed by atoms with Crippen LogP contribution in [0.2, 0.25) is 0 Å². The topological polar surface area (TPSA) is 88.3 Å². The lowest BCUT2D eigenvalue weighted by atomic mass is 9.98. The lowest BCUT2D eigenvalue weighted by Crippen LogP contribution is -2.31. The molecule has 1 aromatic heterocycles. The van der Waals surface area contributed by atoms with Crippen LogP contribution in [0.1, 0.15) is 56.2 Å². The largest absolute Gasteiger partial charge is 0.465 e. The lowest BCUT2D eigenvalue weighted by molar-refractivity contribution is -0.121. The number of H-pyrrole nitrogens is 1. The monoisotopic (exact) mass is 418 g/mol. The van der Waals surface area contributed by atoms with Gasteiger partial charge in [0.25, 0.3) is 0 Å². The first-order valence-corrected chi connectivity index (χ1v) is 10.1. The van der Waals surface area contributed by atoms with Gasteiger partial charge in [0.05, 0.1) is 30.8 Å². The summed E-state index contributed by atoms with van der Waals surface area (Å²) in [6, 6.07) is 19.4. The second kappa shape index (κ2) is 9.89. The van der Waals surface area contributed by atoms with Crippen LogP contribution < -0.4 is 5.32 Å². The van der Waals surface area contributed by atoms with Gasteiger partial charge in [-0.1, -0.05) is 60.7 Å². The number of nitrogens with one attached hydrogen (secondary N) is 2. The highest BCUT2D eigenvalue weighted by Gasteiger charge is 2.25. The van der Waals surface area contributed by atoms with Crippen LogP contribution in [0.4, 0.5) is 0 Å². The van der Waals surface area contributed by atoms with E-state index in [0.29, 0.717) is 23.4 Å². The summed E-state index contributed by atoms with van der Waals surface area (Å²) >= 11 is 0. The Labute approximate surface area is 181 Å². The van der Waals surface area contributed by atoms with Crippen molar-refractivity contribution >= 4 is 17.7 Å². The number of carbonyl (C=O) groups excluding carboxylic acids is 3. The normalized spacial score (nSPS) is 11.6. The van der Waals surface area contributed by atoms with Crippen molar-refractivity contribution in [2.45, 2.75) is 32.7 Å². The molecule has 0 aliphatic carbocycles. The van der Waals surface area contributed by atoms with E-state index in [0.717, 1.165) is 11.1 Å². The Hall–Kier alpha value is -3.67. The summed E-state index contributed by atoms with van der Waals surface area (Å²) in [5.41, 5.74) is 3.50. The number of aromatic amines is 1. The maximum Gasteiger partial charge on any atom is 0.339 e. The number of hydrogen-bond acceptors (Lipinski definition) is 4. The predicted molar refractivity (Wildman–Crippen MR) is 118 cm³/mol. The van der Waals surface area contributed by atoms with E-state index in [1.54, 1.807) is 6.92 Å². The van der Waals surface area contributed by atoms with Crippen LogP contribution in [0.25, 0.3) is 0 Å². The Bertz CT molecular complexity index is 1070. The number of amides is 1. The number of esters is 1. The Morgan fingerprint density at radius 1 is 1.00 bits per heavy atom. The Morgan fingerprint density at radius 2 is 1.61 bits per heavy atom. The van der Waals surface area contributed by atoms with E-state index < -0.39 is 5.97 Å². The molecule has 6 heteroatoms. The summed E-state index contributed by atoms with van der Waals surface area (Å²) in [4.78, 5) is 40.1. The molecule has 0 radical (unpaired) electrons. The SMILES string of the molecule is COC(=O)c1c(CC(=O)NC(Cc2ccccc2)c2ccccc2)[nH]c(C(C)=O)c1C. The molecular formula is C25H26N2O4. The number of rotatable bonds is 8. The molecule has 1 amide bonds. The standard InChI is InChI=1S/C25H26N2O4/c1-16-23(25(30)31-3)21(27-24(16)17(2)28)15-22(29)26-20(19-12-8-5-9-13-19)14-18-10-6-4-7-11-18/h4-13,20,27H,14-15H2,1-3H3,(H,26,29). The van der Waals surface area contributed by atoms with Gasteiger partial charge in [0.2, 0.25) is 5.91 Å². The van der Waals surface area contributed by atoms with E-state index in [-0.39, 0.29) is 29.7 Å². The van der Waals surface area contributed by atoms with Gasteiger partial charge in [-0.15, -0.1) is 0 Å². The number of methoxy groups -OCH3 is 1. The van der Waals surface area contributed by atoms with Crippen molar-refractivity contribution < 1.29 is 19.1 Å². The lowest BCUT2D eigenvalue weighted by Gasteiger charge is -2.19. The maximum atomic E-state index is 13.0. The number of Topliss-reactive ketones (excluding diaryl/α,β-unsaturated/α-hetero) is 1. The minimum atomic E-state index is -0.576. The van der Waals surface area contributed by atoms with Gasteiger partial charge in [-0.2, -0.15) is 0 Å². The average molecular weight is 418 g/mol. The van der Waals surface area contributed by atoms with Crippen LogP contribution in [0.3, 0.4) is 0 Å². The first-order valence-electron chi connectivity index (χ1n) is 10.1. The number of ketones is 1. The summed E-state index contributed by atoms with van der Waals surface area (Å²) in [6.07, 6.45) is 0.555. The zero-order valence-electron chi connectivity index (χ0n) is 17.9. The minimum Gasteiger partial charge on any atom is -0.465 e. The third-order valence-electron chi connectivity index (χ3n) is 5.23. The van der Waals surface area contributed by atoms with Crippen LogP contribution in [0.15, 0.2) is 60.7 Å². The highest BCUT2D eigenvalue weighted by molar-refractivity contribution is 6.01. The van der Waals surface area contributed by atoms with Crippen LogP contribution in [-0.2, 0) is 22.4 Å². The summed E-state index contributed by atoms with van der Waals surface area (Å²) in [5.74, 6) is -1.04. The zero-order valence-corrected chi connectivity index (χ0v) is 17.9. The van der Waals surface area contributed by atoms with Crippen LogP contribution in [0, 0.1) is 6.92 Å². The summed E-state index contributed by atoms with van der Waals surface area (Å²) in [6.45, 7) is 3.08. The molecule has 3 aromatic rings. The molecule has 2 aromatic carbocycles. The van der Waals surface area contributed by atoms with Crippen molar-refractivity contribution in [3.63, 3.8) is 0 Å². The predicted octanol–water partition coefficient (Wildman–Crippen LogP) is 3.96. The Balaban J connectivity index is 1.85. The molecule has 1 unspecified atom stereocenters. The van der Waals surface area contributed by atoms with Crippen LogP contribution >= 0.6 is 0 Å². The molecule has 0 saturated carbocycles. The number of hydrogen-bond donors (Lipinski definition) is 2. The third-order valence-corrected chi connectivity index (χ3v) is 5.23. The van der Waals surface area contributed by atoms with Crippen LogP contribution in [-0.4, -0.2) is 29.8 Å².